The number of benzene rings is 1. The molecule has 0 spiro atoms. The van der Waals surface area contributed by atoms with Crippen molar-refractivity contribution in [3.63, 3.8) is 0 Å². The van der Waals surface area contributed by atoms with E-state index in [-0.39, 0.29) is 11.2 Å². The van der Waals surface area contributed by atoms with Gasteiger partial charge in [-0.25, -0.2) is 4.98 Å². The lowest BCUT2D eigenvalue weighted by Gasteiger charge is -2.17. The fraction of sp³-hybridized carbons (Fsp3) is 0.280. The van der Waals surface area contributed by atoms with E-state index in [1.54, 1.807) is 29.8 Å². The van der Waals surface area contributed by atoms with Crippen molar-refractivity contribution in [3.05, 3.63) is 69.3 Å². The number of thiophene rings is 1. The van der Waals surface area contributed by atoms with Gasteiger partial charge in [-0.15, -0.1) is 23.1 Å². The number of aliphatic imine (C=N–C) groups is 1. The summed E-state index contributed by atoms with van der Waals surface area (Å²) in [6.07, 6.45) is 6.27. The van der Waals surface area contributed by atoms with Crippen molar-refractivity contribution in [2.75, 3.05) is 5.32 Å². The zero-order valence-electron chi connectivity index (χ0n) is 18.3. The monoisotopic (exact) mass is 494 g/mol. The molecule has 1 aliphatic carbocycles. The van der Waals surface area contributed by atoms with Gasteiger partial charge >= 0.3 is 0 Å². The highest BCUT2D eigenvalue weighted by molar-refractivity contribution is 8.00. The van der Waals surface area contributed by atoms with E-state index in [1.807, 2.05) is 37.3 Å². The molecule has 0 radical (unpaired) electrons. The second-order valence-electron chi connectivity index (χ2n) is 8.03. The number of rotatable bonds is 6. The van der Waals surface area contributed by atoms with Crippen LogP contribution in [-0.2, 0) is 17.6 Å². The Morgan fingerprint density at radius 1 is 1.39 bits per heavy atom. The number of carbonyl (C=O) groups is 1. The largest absolute Gasteiger partial charge is 0.316 e. The molecule has 2 atom stereocenters. The lowest BCUT2D eigenvalue weighted by Crippen LogP contribution is -2.22. The van der Waals surface area contributed by atoms with E-state index in [9.17, 15) is 10.1 Å². The van der Waals surface area contributed by atoms with E-state index in [0.717, 1.165) is 41.0 Å². The molecule has 2 aromatic heterocycles. The predicted molar refractivity (Wildman–Crippen MR) is 137 cm³/mol. The summed E-state index contributed by atoms with van der Waals surface area (Å²) in [5.41, 5.74) is 3.22. The molecule has 3 aromatic rings. The van der Waals surface area contributed by atoms with Gasteiger partial charge in [-0.05, 0) is 61.9 Å². The molecule has 1 aliphatic rings. The molecule has 2 heterocycles. The number of pyridine rings is 1. The van der Waals surface area contributed by atoms with E-state index < -0.39 is 0 Å². The molecule has 5 nitrogen and oxygen atoms in total. The van der Waals surface area contributed by atoms with Crippen LogP contribution in [-0.4, -0.2) is 22.4 Å². The van der Waals surface area contributed by atoms with Crippen LogP contribution in [0.2, 0.25) is 5.15 Å². The van der Waals surface area contributed by atoms with Crippen molar-refractivity contribution in [3.8, 4) is 6.07 Å². The molecular formula is C25H23ClN4OS2. The summed E-state index contributed by atoms with van der Waals surface area (Å²) in [4.78, 5) is 23.7. The van der Waals surface area contributed by atoms with Gasteiger partial charge in [-0.2, -0.15) is 5.26 Å². The molecule has 1 N–H and O–H groups in total. The number of aromatic nitrogens is 1. The Kier molecular flexibility index (Phi) is 7.49. The Labute approximate surface area is 206 Å². The van der Waals surface area contributed by atoms with Gasteiger partial charge in [0.2, 0.25) is 5.91 Å². The van der Waals surface area contributed by atoms with Crippen LogP contribution in [0, 0.1) is 17.2 Å². The Balaban J connectivity index is 1.48. The zero-order valence-corrected chi connectivity index (χ0v) is 20.7. The maximum Gasteiger partial charge on any atom is 0.238 e. The van der Waals surface area contributed by atoms with Crippen molar-refractivity contribution in [2.24, 2.45) is 10.9 Å². The maximum absolute atomic E-state index is 13.0. The first-order chi connectivity index (χ1) is 16.0. The van der Waals surface area contributed by atoms with E-state index in [2.05, 4.69) is 28.3 Å². The quantitative estimate of drug-likeness (QED) is 0.236. The highest BCUT2D eigenvalue weighted by Crippen LogP contribution is 2.40. The number of nitrogens with one attached hydrogen (secondary N) is 1. The fourth-order valence-corrected chi connectivity index (χ4v) is 6.19. The molecule has 0 bridgehead atoms. The Morgan fingerprint density at radius 3 is 3.00 bits per heavy atom. The number of nitrogens with zero attached hydrogens (tertiary/aromatic N) is 3. The molecule has 168 valence electrons. The van der Waals surface area contributed by atoms with Crippen LogP contribution in [0.15, 0.2) is 52.5 Å². The van der Waals surface area contributed by atoms with Crippen LogP contribution in [0.3, 0.4) is 0 Å². The van der Waals surface area contributed by atoms with E-state index >= 15 is 0 Å². The van der Waals surface area contributed by atoms with Crippen molar-refractivity contribution >= 4 is 57.5 Å². The number of nitriles is 1. The van der Waals surface area contributed by atoms with Crippen LogP contribution in [0.4, 0.5) is 10.7 Å². The van der Waals surface area contributed by atoms with Gasteiger partial charge in [0.05, 0.1) is 16.5 Å². The number of amides is 1. The second-order valence-corrected chi connectivity index (χ2v) is 10.9. The van der Waals surface area contributed by atoms with Gasteiger partial charge in [0.1, 0.15) is 16.2 Å². The number of carbonyl (C=O) groups excluding carboxylic acids is 1. The maximum atomic E-state index is 13.0. The number of para-hydroxylation sites is 1. The van der Waals surface area contributed by atoms with Crippen LogP contribution in [0.25, 0.3) is 0 Å². The van der Waals surface area contributed by atoms with E-state index in [4.69, 9.17) is 11.6 Å². The molecule has 0 aliphatic heterocycles. The van der Waals surface area contributed by atoms with Gasteiger partial charge in [0, 0.05) is 27.7 Å². The van der Waals surface area contributed by atoms with Crippen molar-refractivity contribution in [1.29, 1.82) is 5.26 Å². The third kappa shape index (κ3) is 5.47. The number of halogens is 1. The number of thioether (sulfide) groups is 1. The smallest absolute Gasteiger partial charge is 0.238 e. The molecule has 4 rings (SSSR count). The topological polar surface area (TPSA) is 78.1 Å². The first-order valence-electron chi connectivity index (χ1n) is 10.7. The van der Waals surface area contributed by atoms with Gasteiger partial charge in [-0.3, -0.25) is 9.79 Å². The summed E-state index contributed by atoms with van der Waals surface area (Å²) in [6, 6.07) is 13.6. The first kappa shape index (κ1) is 23.5. The van der Waals surface area contributed by atoms with Crippen molar-refractivity contribution in [2.45, 2.75) is 43.3 Å². The molecule has 1 aromatic carbocycles. The van der Waals surface area contributed by atoms with Gasteiger partial charge in [-0.1, -0.05) is 30.7 Å². The number of hydrogen-bond donors (Lipinski definition) is 1. The molecule has 33 heavy (non-hydrogen) atoms. The Hall–Kier alpha value is -2.66. The minimum absolute atomic E-state index is 0.128. The normalized spacial score (nSPS) is 16.2. The standard InChI is InChI=1S/C25H23ClN4OS2/c1-15-9-10-18-19(13-27)25(33-22(18)12-15)30-24(31)16(2)32-21-8-4-3-7-20(21)29-14-17-6-5-11-28-23(17)26/h3-8,11,14-16H,9-10,12H2,1-2H3,(H,30,31)/t15-,16-/m1/s1. The molecule has 8 heteroatoms. The summed E-state index contributed by atoms with van der Waals surface area (Å²) in [5, 5.41) is 13.4. The Bertz CT molecular complexity index is 1250. The van der Waals surface area contributed by atoms with Crippen LogP contribution >= 0.6 is 34.7 Å². The molecule has 0 fully saturated rings. The summed E-state index contributed by atoms with van der Waals surface area (Å²) in [6.45, 7) is 4.09. The SMILES string of the molecule is C[C@@H]1CCc2c(sc(NC(=O)[C@@H](C)Sc3ccccc3N=Cc3cccnc3Cl)c2C#N)C1. The molecular weight excluding hydrogens is 472 g/mol. The first-order valence-corrected chi connectivity index (χ1v) is 12.8. The van der Waals surface area contributed by atoms with E-state index in [1.165, 1.54) is 16.6 Å². The molecule has 1 amide bonds. The minimum Gasteiger partial charge on any atom is -0.316 e. The average Bonchev–Trinajstić information content (AvgIpc) is 3.15. The number of fused-ring (bicyclic) bond motifs is 1. The van der Waals surface area contributed by atoms with Crippen LogP contribution in [0.5, 0.6) is 0 Å². The summed E-state index contributed by atoms with van der Waals surface area (Å²) < 4.78 is 0. The number of anilines is 1. The predicted octanol–water partition coefficient (Wildman–Crippen LogP) is 6.66. The summed E-state index contributed by atoms with van der Waals surface area (Å²) >= 11 is 9.10. The van der Waals surface area contributed by atoms with Crippen LogP contribution in [0.1, 0.15) is 41.8 Å². The highest BCUT2D eigenvalue weighted by Gasteiger charge is 2.26. The van der Waals surface area contributed by atoms with Gasteiger partial charge in [0.25, 0.3) is 0 Å². The van der Waals surface area contributed by atoms with Crippen molar-refractivity contribution < 1.29 is 4.79 Å². The highest BCUT2D eigenvalue weighted by atomic mass is 35.5. The van der Waals surface area contributed by atoms with E-state index in [0.29, 0.717) is 21.6 Å². The van der Waals surface area contributed by atoms with Gasteiger partial charge < -0.3 is 5.32 Å². The average molecular weight is 495 g/mol. The zero-order chi connectivity index (χ0) is 23.4. The summed E-state index contributed by atoms with van der Waals surface area (Å²) in [7, 11) is 0. The third-order valence-electron chi connectivity index (χ3n) is 5.53. The Morgan fingerprint density at radius 2 is 2.21 bits per heavy atom. The molecule has 0 saturated carbocycles. The molecule has 0 saturated heterocycles. The second kappa shape index (κ2) is 10.5. The lowest BCUT2D eigenvalue weighted by atomic mass is 9.89. The third-order valence-corrected chi connectivity index (χ3v) is 8.18. The van der Waals surface area contributed by atoms with Crippen molar-refractivity contribution in [1.82, 2.24) is 4.98 Å². The fourth-order valence-electron chi connectivity index (χ4n) is 3.71. The number of hydrogen-bond acceptors (Lipinski definition) is 6. The minimum atomic E-state index is -0.368. The van der Waals surface area contributed by atoms with Gasteiger partial charge in [0.15, 0.2) is 0 Å². The van der Waals surface area contributed by atoms with Crippen LogP contribution < -0.4 is 5.32 Å². The molecule has 0 unspecified atom stereocenters. The lowest BCUT2D eigenvalue weighted by molar-refractivity contribution is -0.115. The summed E-state index contributed by atoms with van der Waals surface area (Å²) in [5.74, 6) is 0.483.